The minimum atomic E-state index is -1.42. The Balaban J connectivity index is 1.94. The molecule has 1 saturated heterocycles. The summed E-state index contributed by atoms with van der Waals surface area (Å²) in [7, 11) is -1.42. The molecule has 27 heavy (non-hydrogen) atoms. The van der Waals surface area contributed by atoms with Crippen LogP contribution in [-0.4, -0.2) is 36.1 Å². The maximum Gasteiger partial charge on any atom is 0.136 e. The van der Waals surface area contributed by atoms with Crippen molar-refractivity contribution in [2.24, 2.45) is 0 Å². The molecule has 0 unspecified atom stereocenters. The molecule has 2 aliphatic rings. The van der Waals surface area contributed by atoms with Gasteiger partial charge in [0.1, 0.15) is 30.2 Å². The van der Waals surface area contributed by atoms with Crippen LogP contribution in [0.1, 0.15) is 50.8 Å². The Morgan fingerprint density at radius 3 is 2.52 bits per heavy atom. The summed E-state index contributed by atoms with van der Waals surface area (Å²) in [6.45, 7) is 14.6. The van der Waals surface area contributed by atoms with E-state index in [1.807, 2.05) is 20.8 Å². The van der Waals surface area contributed by atoms with E-state index in [1.165, 1.54) is 0 Å². The number of benzene rings is 1. The molecule has 0 saturated carbocycles. The molecule has 0 bridgehead atoms. The number of ether oxygens (including phenoxy) is 1. The zero-order chi connectivity index (χ0) is 19.9. The summed E-state index contributed by atoms with van der Waals surface area (Å²) in [6.07, 6.45) is 1.80. The molecule has 0 radical (unpaired) electrons. The van der Waals surface area contributed by atoms with Gasteiger partial charge in [0.2, 0.25) is 0 Å². The third kappa shape index (κ3) is 4.72. The van der Waals surface area contributed by atoms with Gasteiger partial charge in [0.25, 0.3) is 0 Å². The molecule has 2 heterocycles. The van der Waals surface area contributed by atoms with Crippen LogP contribution in [0.4, 0.5) is 0 Å². The van der Waals surface area contributed by atoms with Crippen molar-refractivity contribution in [3.8, 4) is 17.2 Å². The fourth-order valence-electron chi connectivity index (χ4n) is 3.46. The molecule has 1 fully saturated rings. The van der Waals surface area contributed by atoms with E-state index in [0.29, 0.717) is 0 Å². The third-order valence-electron chi connectivity index (χ3n) is 4.98. The molecule has 0 amide bonds. The van der Waals surface area contributed by atoms with Crippen LogP contribution in [0.3, 0.4) is 0 Å². The fraction of sp³-hybridized carbons (Fsp3) is 0.619. The fourth-order valence-corrected chi connectivity index (χ4v) is 4.88. The van der Waals surface area contributed by atoms with Crippen LogP contribution in [0.2, 0.25) is 19.6 Å². The van der Waals surface area contributed by atoms with Crippen LogP contribution < -0.4 is 14.8 Å². The van der Waals surface area contributed by atoms with Crippen molar-refractivity contribution in [2.75, 3.05) is 13.1 Å². The first kappa shape index (κ1) is 20.8. The number of piperidine rings is 1. The maximum atomic E-state index is 12.8. The normalized spacial score (nSPS) is 22.6. The van der Waals surface area contributed by atoms with Crippen molar-refractivity contribution in [3.05, 3.63) is 29.3 Å². The van der Waals surface area contributed by atoms with Crippen molar-refractivity contribution in [1.82, 2.24) is 10.0 Å². The summed E-state index contributed by atoms with van der Waals surface area (Å²) < 4.78 is 22.5. The maximum absolute atomic E-state index is 12.8. The number of rotatable bonds is 2. The average molecular weight is 405 g/mol. The van der Waals surface area contributed by atoms with E-state index in [1.54, 1.807) is 0 Å². The number of hydrogen-bond donors (Lipinski definition) is 2. The highest BCUT2D eigenvalue weighted by Gasteiger charge is 2.51. The van der Waals surface area contributed by atoms with E-state index in [-0.39, 0.29) is 16.4 Å². The van der Waals surface area contributed by atoms with E-state index in [4.69, 9.17) is 4.74 Å². The van der Waals surface area contributed by atoms with E-state index in [2.05, 4.69) is 59.3 Å². The van der Waals surface area contributed by atoms with Gasteiger partial charge >= 0.3 is 0 Å². The second-order valence-corrected chi connectivity index (χ2v) is 16.3. The van der Waals surface area contributed by atoms with E-state index < -0.39 is 19.4 Å². The van der Waals surface area contributed by atoms with E-state index >= 15 is 0 Å². The Bertz CT molecular complexity index is 752. The molecule has 3 rings (SSSR count). The minimum absolute atomic E-state index is 0.0614. The molecule has 0 aliphatic carbocycles. The van der Waals surface area contributed by atoms with Crippen LogP contribution in [0.25, 0.3) is 0 Å². The van der Waals surface area contributed by atoms with Crippen molar-refractivity contribution in [1.29, 1.82) is 0 Å². The molecular formula is C21H32N2O2SSi. The Kier molecular flexibility index (Phi) is 5.73. The van der Waals surface area contributed by atoms with Crippen molar-refractivity contribution in [2.45, 2.75) is 69.6 Å². The van der Waals surface area contributed by atoms with Crippen molar-refractivity contribution >= 4 is 19.4 Å². The standard InChI is InChI=1S/C21H32N2O2SSi/c1-20(2,3)26(24)23-19-17-8-7-16(9-14-27(4,5)6)15-18(17)25-21(19)10-12-22-13-11-21/h7-8,15,19,22-23H,10-13H2,1-6H3/t19-,26-/m1/s1. The van der Waals surface area contributed by atoms with Gasteiger partial charge in [0.15, 0.2) is 0 Å². The molecule has 4 nitrogen and oxygen atoms in total. The van der Waals surface area contributed by atoms with Crippen LogP contribution in [0.15, 0.2) is 18.2 Å². The predicted molar refractivity (Wildman–Crippen MR) is 116 cm³/mol. The van der Waals surface area contributed by atoms with Gasteiger partial charge in [0, 0.05) is 35.3 Å². The topological polar surface area (TPSA) is 56.3 Å². The molecule has 148 valence electrons. The largest absolute Gasteiger partial charge is 0.598 e. The van der Waals surface area contributed by atoms with Crippen molar-refractivity contribution in [3.63, 3.8) is 0 Å². The second kappa shape index (κ2) is 7.45. The summed E-state index contributed by atoms with van der Waals surface area (Å²) in [6, 6.07) is 6.18. The lowest BCUT2D eigenvalue weighted by Crippen LogP contribution is -2.54. The van der Waals surface area contributed by atoms with Crippen LogP contribution >= 0.6 is 0 Å². The lowest BCUT2D eigenvalue weighted by molar-refractivity contribution is 0.0319. The summed E-state index contributed by atoms with van der Waals surface area (Å²) >= 11 is -1.16. The summed E-state index contributed by atoms with van der Waals surface area (Å²) in [5, 5.41) is 3.41. The monoisotopic (exact) mass is 404 g/mol. The van der Waals surface area contributed by atoms with Gasteiger partial charge in [-0.25, -0.2) is 0 Å². The van der Waals surface area contributed by atoms with Gasteiger partial charge in [0.05, 0.1) is 0 Å². The summed E-state index contributed by atoms with van der Waals surface area (Å²) in [5.74, 6) is 4.22. The minimum Gasteiger partial charge on any atom is -0.598 e. The van der Waals surface area contributed by atoms with E-state index in [0.717, 1.165) is 42.8 Å². The SMILES string of the molecule is CC(C)(C)[S@@+]([O-])N[C@@H]1c2ccc(C#C[Si](C)(C)C)cc2OC12CCNCC2. The van der Waals surface area contributed by atoms with Gasteiger partial charge in [-0.3, -0.25) is 0 Å². The highest BCUT2D eigenvalue weighted by Crippen LogP contribution is 2.48. The first-order valence-corrected chi connectivity index (χ1v) is 14.4. The molecule has 1 aromatic rings. The number of hydrogen-bond acceptors (Lipinski definition) is 4. The lowest BCUT2D eigenvalue weighted by atomic mass is 9.83. The highest BCUT2D eigenvalue weighted by molar-refractivity contribution is 7.90. The zero-order valence-electron chi connectivity index (χ0n) is 17.4. The average Bonchev–Trinajstić information content (AvgIpc) is 2.84. The molecule has 2 N–H and O–H groups in total. The molecule has 2 aliphatic heterocycles. The van der Waals surface area contributed by atoms with Crippen LogP contribution in [0, 0.1) is 11.5 Å². The molecule has 1 aromatic carbocycles. The first-order chi connectivity index (χ1) is 12.5. The highest BCUT2D eigenvalue weighted by atomic mass is 32.2. The van der Waals surface area contributed by atoms with Gasteiger partial charge in [-0.15, -0.1) is 10.3 Å². The van der Waals surface area contributed by atoms with Gasteiger partial charge in [-0.1, -0.05) is 31.6 Å². The zero-order valence-corrected chi connectivity index (χ0v) is 19.2. The lowest BCUT2D eigenvalue weighted by Gasteiger charge is -2.39. The smallest absolute Gasteiger partial charge is 0.136 e. The molecule has 2 atom stereocenters. The Morgan fingerprint density at radius 1 is 1.26 bits per heavy atom. The van der Waals surface area contributed by atoms with Gasteiger partial charge in [-0.2, -0.15) is 0 Å². The summed E-state index contributed by atoms with van der Waals surface area (Å²) in [5.41, 5.74) is 5.19. The molecule has 0 aromatic heterocycles. The van der Waals surface area contributed by atoms with Crippen LogP contribution in [0.5, 0.6) is 5.75 Å². The number of fused-ring (bicyclic) bond motifs is 1. The quantitative estimate of drug-likeness (QED) is 0.450. The number of nitrogens with one attached hydrogen (secondary N) is 2. The Labute approximate surface area is 168 Å². The predicted octanol–water partition coefficient (Wildman–Crippen LogP) is 3.52. The second-order valence-electron chi connectivity index (χ2n) is 9.60. The Morgan fingerprint density at radius 2 is 1.93 bits per heavy atom. The van der Waals surface area contributed by atoms with Crippen molar-refractivity contribution < 1.29 is 9.29 Å². The third-order valence-corrected chi connectivity index (χ3v) is 7.41. The van der Waals surface area contributed by atoms with Crippen LogP contribution in [-0.2, 0) is 11.4 Å². The molecular weight excluding hydrogens is 372 g/mol. The first-order valence-electron chi connectivity index (χ1n) is 9.75. The summed E-state index contributed by atoms with van der Waals surface area (Å²) in [4.78, 5) is 0. The van der Waals surface area contributed by atoms with E-state index in [9.17, 15) is 4.55 Å². The molecule has 6 heteroatoms. The van der Waals surface area contributed by atoms with Gasteiger partial charge < -0.3 is 14.6 Å². The Hall–Kier alpha value is -0.973. The van der Waals surface area contributed by atoms with Gasteiger partial charge in [-0.05, 0) is 46.0 Å². The molecule has 1 spiro atoms.